The Hall–Kier alpha value is -1.14. The van der Waals surface area contributed by atoms with Crippen LogP contribution in [-0.2, 0) is 14.3 Å². The number of carbonyl (C=O) groups is 2. The highest BCUT2D eigenvalue weighted by Crippen LogP contribution is 2.07. The Morgan fingerprint density at radius 1 is 0.840 bits per heavy atom. The summed E-state index contributed by atoms with van der Waals surface area (Å²) in [5, 5.41) is 8.93. The molecule has 0 saturated carbocycles. The highest BCUT2D eigenvalue weighted by atomic mass is 16.5. The molecule has 0 unspecified atom stereocenters. The summed E-state index contributed by atoms with van der Waals surface area (Å²) in [6.45, 7) is 11.0. The van der Waals surface area contributed by atoms with Gasteiger partial charge < -0.3 is 20.7 Å². The van der Waals surface area contributed by atoms with Gasteiger partial charge in [0.1, 0.15) is 6.61 Å². The maximum atomic E-state index is 11.6. The average molecular weight is 358 g/mol. The molecule has 25 heavy (non-hydrogen) atoms. The molecule has 0 bridgehead atoms. The number of hydrogen-bond donors (Lipinski definition) is 3. The highest BCUT2D eigenvalue weighted by molar-refractivity contribution is 5.77. The first-order valence-electron chi connectivity index (χ1n) is 9.76. The predicted molar refractivity (Wildman–Crippen MR) is 103 cm³/mol. The molecule has 0 aliphatic rings. The van der Waals surface area contributed by atoms with Gasteiger partial charge >= 0.3 is 0 Å². The minimum atomic E-state index is -0.0880. The zero-order chi connectivity index (χ0) is 18.9. The first-order valence-corrected chi connectivity index (χ1v) is 9.76. The van der Waals surface area contributed by atoms with E-state index in [1.54, 1.807) is 0 Å². The number of nitrogens with one attached hydrogen (secondary N) is 3. The number of ether oxygens (including phenoxy) is 1. The van der Waals surface area contributed by atoms with Gasteiger partial charge in [-0.1, -0.05) is 47.0 Å². The normalized spacial score (nSPS) is 11.1. The number of amides is 2. The lowest BCUT2D eigenvalue weighted by Crippen LogP contribution is -2.32. The highest BCUT2D eigenvalue weighted by Gasteiger charge is 2.03. The summed E-state index contributed by atoms with van der Waals surface area (Å²) in [5.74, 6) is 0.690. The van der Waals surface area contributed by atoms with E-state index in [1.165, 1.54) is 12.8 Å². The van der Waals surface area contributed by atoms with Crippen molar-refractivity contribution < 1.29 is 14.3 Å². The van der Waals surface area contributed by atoms with Crippen molar-refractivity contribution in [2.75, 3.05) is 32.8 Å². The summed E-state index contributed by atoms with van der Waals surface area (Å²) in [6, 6.07) is 0.447. The van der Waals surface area contributed by atoms with Gasteiger partial charge in [0.25, 0.3) is 0 Å². The fraction of sp³-hybridized carbons (Fsp3) is 0.895. The van der Waals surface area contributed by atoms with Gasteiger partial charge in [-0.05, 0) is 25.3 Å². The van der Waals surface area contributed by atoms with Gasteiger partial charge in [0.2, 0.25) is 11.8 Å². The van der Waals surface area contributed by atoms with Crippen LogP contribution in [0.15, 0.2) is 0 Å². The lowest BCUT2D eigenvalue weighted by atomic mass is 10.1. The quantitative estimate of drug-likeness (QED) is 0.370. The molecule has 0 heterocycles. The Morgan fingerprint density at radius 3 is 2.24 bits per heavy atom. The van der Waals surface area contributed by atoms with Crippen LogP contribution in [0.1, 0.15) is 66.2 Å². The zero-order valence-electron chi connectivity index (χ0n) is 16.7. The molecule has 0 aliphatic heterocycles. The van der Waals surface area contributed by atoms with E-state index in [9.17, 15) is 9.59 Å². The van der Waals surface area contributed by atoms with Gasteiger partial charge in [-0.2, -0.15) is 0 Å². The lowest BCUT2D eigenvalue weighted by molar-refractivity contribution is -0.125. The molecule has 0 atom stereocenters. The van der Waals surface area contributed by atoms with Crippen LogP contribution in [0.25, 0.3) is 0 Å². The van der Waals surface area contributed by atoms with Crippen molar-refractivity contribution in [1.82, 2.24) is 16.0 Å². The van der Waals surface area contributed by atoms with E-state index in [1.807, 2.05) is 0 Å². The molecule has 0 aromatic carbocycles. The van der Waals surface area contributed by atoms with E-state index in [2.05, 4.69) is 43.6 Å². The third kappa shape index (κ3) is 19.0. The number of hydrogen-bond acceptors (Lipinski definition) is 4. The van der Waals surface area contributed by atoms with E-state index >= 15 is 0 Å². The number of unbranched alkanes of at least 4 members (excludes halogenated alkanes) is 2. The summed E-state index contributed by atoms with van der Waals surface area (Å²) in [5.41, 5.74) is 0. The molecule has 0 spiro atoms. The van der Waals surface area contributed by atoms with Crippen molar-refractivity contribution in [3.05, 3.63) is 0 Å². The second-order valence-electron chi connectivity index (χ2n) is 7.21. The second kappa shape index (κ2) is 16.3. The number of rotatable bonds is 16. The Balaban J connectivity index is 3.35. The zero-order valence-corrected chi connectivity index (χ0v) is 16.7. The summed E-state index contributed by atoms with van der Waals surface area (Å²) >= 11 is 0. The molecule has 6 nitrogen and oxygen atoms in total. The van der Waals surface area contributed by atoms with Gasteiger partial charge in [0.05, 0.1) is 6.61 Å². The Bertz CT molecular complexity index is 347. The van der Waals surface area contributed by atoms with Crippen molar-refractivity contribution >= 4 is 11.8 Å². The topological polar surface area (TPSA) is 79.5 Å². The Labute approximate surface area is 153 Å². The molecule has 2 amide bonds. The largest absolute Gasteiger partial charge is 0.370 e. The fourth-order valence-corrected chi connectivity index (χ4v) is 2.29. The summed E-state index contributed by atoms with van der Waals surface area (Å²) in [6.07, 6.45) is 5.97. The van der Waals surface area contributed by atoms with E-state index in [0.29, 0.717) is 32.2 Å². The van der Waals surface area contributed by atoms with E-state index in [-0.39, 0.29) is 18.4 Å². The molecule has 0 fully saturated rings. The maximum absolute atomic E-state index is 11.6. The van der Waals surface area contributed by atoms with Gasteiger partial charge in [0, 0.05) is 25.6 Å². The Kier molecular flexibility index (Phi) is 15.6. The molecule has 0 aromatic heterocycles. The molecule has 6 heteroatoms. The van der Waals surface area contributed by atoms with Crippen molar-refractivity contribution in [3.63, 3.8) is 0 Å². The minimum absolute atomic E-state index is 0.0278. The van der Waals surface area contributed by atoms with E-state index in [4.69, 9.17) is 4.74 Å². The second-order valence-corrected chi connectivity index (χ2v) is 7.21. The van der Waals surface area contributed by atoms with Gasteiger partial charge in [-0.15, -0.1) is 0 Å². The molecule has 0 aromatic rings. The SMILES string of the molecule is CC(C)CCCCCNC(=O)COCCNC(=O)CCCNC(C)C. The maximum Gasteiger partial charge on any atom is 0.245 e. The van der Waals surface area contributed by atoms with Crippen molar-refractivity contribution in [2.24, 2.45) is 5.92 Å². The van der Waals surface area contributed by atoms with Gasteiger partial charge in [-0.25, -0.2) is 0 Å². The molecule has 3 N–H and O–H groups in total. The van der Waals surface area contributed by atoms with Gasteiger partial charge in [-0.3, -0.25) is 9.59 Å². The third-order valence-electron chi connectivity index (χ3n) is 3.72. The van der Waals surface area contributed by atoms with Crippen LogP contribution in [0.5, 0.6) is 0 Å². The summed E-state index contributed by atoms with van der Waals surface area (Å²) < 4.78 is 5.27. The van der Waals surface area contributed by atoms with E-state index in [0.717, 1.165) is 31.7 Å². The standard InChI is InChI=1S/C19H39N3O3/c1-16(2)9-6-5-7-11-21-19(24)15-25-14-13-22-18(23)10-8-12-20-17(3)4/h16-17,20H,5-15H2,1-4H3,(H,21,24)(H,22,23). The van der Waals surface area contributed by atoms with Crippen LogP contribution in [0, 0.1) is 5.92 Å². The van der Waals surface area contributed by atoms with Crippen LogP contribution in [0.2, 0.25) is 0 Å². The van der Waals surface area contributed by atoms with Crippen LogP contribution in [0.4, 0.5) is 0 Å². The predicted octanol–water partition coefficient (Wildman–Crippen LogP) is 2.23. The van der Waals surface area contributed by atoms with Crippen molar-refractivity contribution in [2.45, 2.75) is 72.3 Å². The Morgan fingerprint density at radius 2 is 1.56 bits per heavy atom. The van der Waals surface area contributed by atoms with Crippen LogP contribution in [0.3, 0.4) is 0 Å². The third-order valence-corrected chi connectivity index (χ3v) is 3.72. The molecule has 0 aliphatic carbocycles. The molecule has 0 rings (SSSR count). The first kappa shape index (κ1) is 23.9. The first-order chi connectivity index (χ1) is 11.9. The molecule has 0 radical (unpaired) electrons. The number of carbonyl (C=O) groups excluding carboxylic acids is 2. The molecule has 0 saturated heterocycles. The van der Waals surface area contributed by atoms with Crippen LogP contribution >= 0.6 is 0 Å². The molecule has 148 valence electrons. The van der Waals surface area contributed by atoms with Crippen molar-refractivity contribution in [1.29, 1.82) is 0 Å². The van der Waals surface area contributed by atoms with Crippen LogP contribution < -0.4 is 16.0 Å². The fourth-order valence-electron chi connectivity index (χ4n) is 2.29. The summed E-state index contributed by atoms with van der Waals surface area (Å²) in [7, 11) is 0. The summed E-state index contributed by atoms with van der Waals surface area (Å²) in [4.78, 5) is 23.2. The molecular weight excluding hydrogens is 318 g/mol. The van der Waals surface area contributed by atoms with E-state index < -0.39 is 0 Å². The minimum Gasteiger partial charge on any atom is -0.370 e. The van der Waals surface area contributed by atoms with Crippen molar-refractivity contribution in [3.8, 4) is 0 Å². The lowest BCUT2D eigenvalue weighted by Gasteiger charge is -2.09. The van der Waals surface area contributed by atoms with Gasteiger partial charge in [0.15, 0.2) is 0 Å². The average Bonchev–Trinajstić information content (AvgIpc) is 2.54. The monoisotopic (exact) mass is 357 g/mol. The van der Waals surface area contributed by atoms with Crippen LogP contribution in [-0.4, -0.2) is 50.7 Å². The molecular formula is C19H39N3O3. The smallest absolute Gasteiger partial charge is 0.245 e.